The number of urea groups is 1. The van der Waals surface area contributed by atoms with Crippen molar-refractivity contribution < 1.29 is 14.1 Å². The van der Waals surface area contributed by atoms with Gasteiger partial charge in [-0.15, -0.1) is 0 Å². The van der Waals surface area contributed by atoms with Crippen molar-refractivity contribution in [2.75, 3.05) is 32.7 Å². The molecule has 0 spiro atoms. The van der Waals surface area contributed by atoms with Gasteiger partial charge in [0.05, 0.1) is 0 Å². The molecule has 2 aliphatic carbocycles. The third kappa shape index (κ3) is 3.30. The lowest BCUT2D eigenvalue weighted by Gasteiger charge is -2.31. The molecule has 4 fully saturated rings. The van der Waals surface area contributed by atoms with Crippen LogP contribution in [0.25, 0.3) is 0 Å². The maximum Gasteiger partial charge on any atom is 0.320 e. The lowest BCUT2D eigenvalue weighted by atomic mass is 9.85. The van der Waals surface area contributed by atoms with Crippen molar-refractivity contribution in [1.82, 2.24) is 24.8 Å². The van der Waals surface area contributed by atoms with E-state index in [1.54, 1.807) is 4.90 Å². The van der Waals surface area contributed by atoms with Gasteiger partial charge in [0.1, 0.15) is 6.54 Å². The minimum atomic E-state index is 0.0371. The Hall–Kier alpha value is -2.12. The highest BCUT2D eigenvalue weighted by atomic mass is 16.5. The lowest BCUT2D eigenvalue weighted by Crippen LogP contribution is -2.45. The van der Waals surface area contributed by atoms with Crippen LogP contribution < -0.4 is 0 Å². The van der Waals surface area contributed by atoms with Crippen molar-refractivity contribution in [2.45, 2.75) is 62.8 Å². The van der Waals surface area contributed by atoms with E-state index < -0.39 is 0 Å². The first kappa shape index (κ1) is 17.0. The zero-order valence-electron chi connectivity index (χ0n) is 15.7. The lowest BCUT2D eigenvalue weighted by molar-refractivity contribution is -0.132. The first-order valence-corrected chi connectivity index (χ1v) is 10.4. The number of nitrogens with zero attached hydrogens (tertiary/aromatic N) is 5. The van der Waals surface area contributed by atoms with Crippen LogP contribution in [-0.4, -0.2) is 75.5 Å². The predicted octanol–water partition coefficient (Wildman–Crippen LogP) is 1.94. The summed E-state index contributed by atoms with van der Waals surface area (Å²) in [6, 6.07) is 0.461. The average molecular weight is 373 g/mol. The molecule has 2 saturated carbocycles. The van der Waals surface area contributed by atoms with E-state index in [1.807, 2.05) is 9.80 Å². The molecule has 8 heteroatoms. The Labute approximate surface area is 158 Å². The zero-order valence-corrected chi connectivity index (χ0v) is 15.7. The molecule has 0 N–H and O–H groups in total. The van der Waals surface area contributed by atoms with Gasteiger partial charge in [-0.05, 0) is 38.5 Å². The molecule has 0 aromatic carbocycles. The summed E-state index contributed by atoms with van der Waals surface area (Å²) in [7, 11) is 0. The summed E-state index contributed by atoms with van der Waals surface area (Å²) in [6.07, 6.45) is 7.50. The van der Waals surface area contributed by atoms with Crippen LogP contribution in [0.2, 0.25) is 0 Å². The van der Waals surface area contributed by atoms with E-state index in [-0.39, 0.29) is 24.4 Å². The number of aromatic nitrogens is 2. The van der Waals surface area contributed by atoms with Crippen LogP contribution >= 0.6 is 0 Å². The van der Waals surface area contributed by atoms with Crippen LogP contribution in [0, 0.1) is 0 Å². The Morgan fingerprint density at radius 1 is 1.00 bits per heavy atom. The number of likely N-dealkylation sites (tertiary alicyclic amines) is 1. The molecule has 0 atom stereocenters. The molecular weight excluding hydrogens is 346 g/mol. The fraction of sp³-hybridized carbons (Fsp3) is 0.789. The minimum absolute atomic E-state index is 0.0371. The molecule has 5 rings (SSSR count). The van der Waals surface area contributed by atoms with Crippen LogP contribution in [-0.2, 0) is 4.79 Å². The maximum absolute atomic E-state index is 12.6. The van der Waals surface area contributed by atoms with Gasteiger partial charge in [-0.2, -0.15) is 4.98 Å². The van der Waals surface area contributed by atoms with E-state index in [4.69, 9.17) is 4.52 Å². The van der Waals surface area contributed by atoms with E-state index in [0.29, 0.717) is 31.6 Å². The first-order chi connectivity index (χ1) is 13.2. The largest absolute Gasteiger partial charge is 0.341 e. The predicted molar refractivity (Wildman–Crippen MR) is 96.1 cm³/mol. The number of carbonyl (C=O) groups excluding carboxylic acids is 2. The monoisotopic (exact) mass is 373 g/mol. The molecule has 146 valence electrons. The highest BCUT2D eigenvalue weighted by Crippen LogP contribution is 2.36. The molecule has 1 aromatic heterocycles. The van der Waals surface area contributed by atoms with Crippen molar-refractivity contribution in [2.24, 2.45) is 0 Å². The highest BCUT2D eigenvalue weighted by Gasteiger charge is 2.40. The number of piperidine rings is 1. The summed E-state index contributed by atoms with van der Waals surface area (Å²) in [5.74, 6) is 2.38. The number of hydrogen-bond donors (Lipinski definition) is 0. The standard InChI is InChI=1S/C19H27N5O3/c25-16(12-23-10-11-24(19(23)26)15-4-5-15)22-8-6-14(7-9-22)18-20-17(21-27-18)13-2-1-3-13/h13-15H,1-12H2. The van der Waals surface area contributed by atoms with E-state index in [1.165, 1.54) is 19.3 Å². The fourth-order valence-corrected chi connectivity index (χ4v) is 4.36. The summed E-state index contributed by atoms with van der Waals surface area (Å²) in [6.45, 7) is 3.03. The number of carbonyl (C=O) groups is 2. The third-order valence-corrected chi connectivity index (χ3v) is 6.57. The van der Waals surface area contributed by atoms with Gasteiger partial charge in [0.25, 0.3) is 0 Å². The van der Waals surface area contributed by atoms with Crippen molar-refractivity contribution in [3.63, 3.8) is 0 Å². The second-order valence-electron chi connectivity index (χ2n) is 8.40. The van der Waals surface area contributed by atoms with Crippen LogP contribution in [0.1, 0.15) is 68.5 Å². The molecule has 2 saturated heterocycles. The van der Waals surface area contributed by atoms with Gasteiger partial charge in [0, 0.05) is 44.1 Å². The SMILES string of the molecule is O=C(CN1CCN(C2CC2)C1=O)N1CCC(c2nc(C3CCC3)no2)CC1. The van der Waals surface area contributed by atoms with E-state index in [2.05, 4.69) is 10.1 Å². The van der Waals surface area contributed by atoms with Gasteiger partial charge in [0.2, 0.25) is 11.8 Å². The normalized spacial score (nSPS) is 24.6. The van der Waals surface area contributed by atoms with Gasteiger partial charge in [-0.3, -0.25) is 4.79 Å². The first-order valence-electron chi connectivity index (χ1n) is 10.4. The summed E-state index contributed by atoms with van der Waals surface area (Å²) in [5, 5.41) is 4.16. The second-order valence-corrected chi connectivity index (χ2v) is 8.40. The Kier molecular flexibility index (Phi) is 4.28. The molecule has 3 amide bonds. The Bertz CT molecular complexity index is 719. The fourth-order valence-electron chi connectivity index (χ4n) is 4.36. The average Bonchev–Trinajstić information content (AvgIpc) is 3.26. The van der Waals surface area contributed by atoms with E-state index >= 15 is 0 Å². The van der Waals surface area contributed by atoms with Gasteiger partial charge in [-0.25, -0.2) is 4.79 Å². The molecule has 2 aliphatic heterocycles. The Morgan fingerprint density at radius 2 is 1.78 bits per heavy atom. The molecule has 3 heterocycles. The summed E-state index contributed by atoms with van der Waals surface area (Å²) >= 11 is 0. The quantitative estimate of drug-likeness (QED) is 0.788. The van der Waals surface area contributed by atoms with E-state index in [0.717, 1.165) is 43.9 Å². The second kappa shape index (κ2) is 6.80. The molecule has 4 aliphatic rings. The van der Waals surface area contributed by atoms with Gasteiger partial charge < -0.3 is 19.2 Å². The van der Waals surface area contributed by atoms with Crippen molar-refractivity contribution in [3.05, 3.63) is 11.7 Å². The van der Waals surface area contributed by atoms with Crippen LogP contribution in [0.3, 0.4) is 0 Å². The van der Waals surface area contributed by atoms with Crippen molar-refractivity contribution >= 4 is 11.9 Å². The number of rotatable bonds is 5. The Balaban J connectivity index is 1.12. The molecule has 27 heavy (non-hydrogen) atoms. The van der Waals surface area contributed by atoms with Crippen LogP contribution in [0.4, 0.5) is 4.79 Å². The van der Waals surface area contributed by atoms with E-state index in [9.17, 15) is 9.59 Å². The smallest absolute Gasteiger partial charge is 0.320 e. The zero-order chi connectivity index (χ0) is 18.4. The summed E-state index contributed by atoms with van der Waals surface area (Å²) < 4.78 is 5.50. The number of amides is 3. The molecule has 0 unspecified atom stereocenters. The minimum Gasteiger partial charge on any atom is -0.341 e. The topological polar surface area (TPSA) is 82.8 Å². The van der Waals surface area contributed by atoms with Crippen LogP contribution in [0.5, 0.6) is 0 Å². The Morgan fingerprint density at radius 3 is 2.44 bits per heavy atom. The third-order valence-electron chi connectivity index (χ3n) is 6.57. The van der Waals surface area contributed by atoms with Gasteiger partial charge >= 0.3 is 6.03 Å². The molecule has 0 bridgehead atoms. The van der Waals surface area contributed by atoms with Crippen molar-refractivity contribution in [1.29, 1.82) is 0 Å². The van der Waals surface area contributed by atoms with Crippen LogP contribution in [0.15, 0.2) is 4.52 Å². The van der Waals surface area contributed by atoms with Gasteiger partial charge in [-0.1, -0.05) is 11.6 Å². The van der Waals surface area contributed by atoms with Gasteiger partial charge in [0.15, 0.2) is 5.82 Å². The number of hydrogen-bond acceptors (Lipinski definition) is 5. The highest BCUT2D eigenvalue weighted by molar-refractivity contribution is 5.85. The molecule has 1 aromatic rings. The van der Waals surface area contributed by atoms with Crippen molar-refractivity contribution in [3.8, 4) is 0 Å². The molecular formula is C19H27N5O3. The maximum atomic E-state index is 12.6. The molecule has 0 radical (unpaired) electrons. The summed E-state index contributed by atoms with van der Waals surface area (Å²) in [4.78, 5) is 35.1. The molecule has 8 nitrogen and oxygen atoms in total. The summed E-state index contributed by atoms with van der Waals surface area (Å²) in [5.41, 5.74) is 0.